The van der Waals surface area contributed by atoms with Gasteiger partial charge in [0.25, 0.3) is 5.91 Å². The van der Waals surface area contributed by atoms with Crippen molar-refractivity contribution in [2.24, 2.45) is 0 Å². The molecular formula is C21H28N4O3S. The van der Waals surface area contributed by atoms with Gasteiger partial charge in [-0.3, -0.25) is 14.4 Å². The first-order chi connectivity index (χ1) is 13.8. The Morgan fingerprint density at radius 2 is 1.69 bits per heavy atom. The Kier molecular flexibility index (Phi) is 6.89. The lowest BCUT2D eigenvalue weighted by atomic mass is 10.1. The Balaban J connectivity index is 1.57. The zero-order chi connectivity index (χ0) is 20.9. The second-order valence-corrected chi connectivity index (χ2v) is 9.29. The van der Waals surface area contributed by atoms with Crippen LogP contribution >= 0.6 is 0 Å². The van der Waals surface area contributed by atoms with Gasteiger partial charge in [-0.05, 0) is 36.4 Å². The van der Waals surface area contributed by atoms with Gasteiger partial charge in [0.15, 0.2) is 0 Å². The summed E-state index contributed by atoms with van der Waals surface area (Å²) >= 11 is 0. The fourth-order valence-corrected chi connectivity index (χ4v) is 3.88. The molecule has 0 spiro atoms. The molecule has 8 heteroatoms. The van der Waals surface area contributed by atoms with Crippen molar-refractivity contribution in [3.05, 3.63) is 65.2 Å². The van der Waals surface area contributed by atoms with E-state index in [4.69, 9.17) is 0 Å². The SMILES string of the molecule is CN1CCN(Cc2cccc(CNC(=O)c3cccc(NS(C)(=O)=O)c3)c2)CC1. The van der Waals surface area contributed by atoms with Gasteiger partial charge < -0.3 is 10.2 Å². The molecule has 1 aliphatic heterocycles. The second kappa shape index (κ2) is 9.39. The standard InChI is InChI=1S/C21H28N4O3S/c1-24-9-11-25(12-10-24)16-18-6-3-5-17(13-18)15-22-21(26)19-7-4-8-20(14-19)23-29(2,27)28/h3-8,13-14,23H,9-12,15-16H2,1-2H3,(H,22,26). The third-order valence-electron chi connectivity index (χ3n) is 4.87. The Morgan fingerprint density at radius 3 is 2.41 bits per heavy atom. The molecule has 3 rings (SSSR count). The van der Waals surface area contributed by atoms with Crippen LogP contribution in [-0.4, -0.2) is 63.6 Å². The number of nitrogens with zero attached hydrogens (tertiary/aromatic N) is 2. The molecule has 0 unspecified atom stereocenters. The van der Waals surface area contributed by atoms with Gasteiger partial charge in [-0.15, -0.1) is 0 Å². The largest absolute Gasteiger partial charge is 0.348 e. The summed E-state index contributed by atoms with van der Waals surface area (Å²) in [7, 11) is -1.24. The third-order valence-corrected chi connectivity index (χ3v) is 5.48. The molecule has 1 amide bonds. The van der Waals surface area contributed by atoms with Gasteiger partial charge in [0.05, 0.1) is 6.26 Å². The van der Waals surface area contributed by atoms with E-state index >= 15 is 0 Å². The lowest BCUT2D eigenvalue weighted by molar-refractivity contribution is 0.0951. The van der Waals surface area contributed by atoms with Crippen molar-refractivity contribution in [1.82, 2.24) is 15.1 Å². The molecule has 2 N–H and O–H groups in total. The summed E-state index contributed by atoms with van der Waals surface area (Å²) in [5.41, 5.74) is 3.05. The Labute approximate surface area is 172 Å². The van der Waals surface area contributed by atoms with Crippen molar-refractivity contribution in [2.75, 3.05) is 44.2 Å². The van der Waals surface area contributed by atoms with Crippen LogP contribution in [0.1, 0.15) is 21.5 Å². The molecule has 156 valence electrons. The van der Waals surface area contributed by atoms with Crippen LogP contribution in [0.4, 0.5) is 5.69 Å². The molecule has 2 aromatic rings. The predicted octanol–water partition coefficient (Wildman–Crippen LogP) is 1.74. The molecule has 0 saturated carbocycles. The minimum atomic E-state index is -3.38. The highest BCUT2D eigenvalue weighted by molar-refractivity contribution is 7.92. The Bertz CT molecular complexity index is 954. The van der Waals surface area contributed by atoms with Gasteiger partial charge in [-0.1, -0.05) is 30.3 Å². The van der Waals surface area contributed by atoms with Crippen LogP contribution in [0.3, 0.4) is 0 Å². The highest BCUT2D eigenvalue weighted by atomic mass is 32.2. The molecule has 0 aliphatic carbocycles. The van der Waals surface area contributed by atoms with Gasteiger partial charge in [-0.2, -0.15) is 0 Å². The summed E-state index contributed by atoms with van der Waals surface area (Å²) in [4.78, 5) is 17.2. The van der Waals surface area contributed by atoms with Crippen molar-refractivity contribution in [1.29, 1.82) is 0 Å². The minimum Gasteiger partial charge on any atom is -0.348 e. The van der Waals surface area contributed by atoms with E-state index in [2.05, 4.69) is 39.0 Å². The van der Waals surface area contributed by atoms with E-state index in [9.17, 15) is 13.2 Å². The van der Waals surface area contributed by atoms with E-state index in [-0.39, 0.29) is 5.91 Å². The molecule has 1 aliphatic rings. The summed E-state index contributed by atoms with van der Waals surface area (Å²) < 4.78 is 25.1. The summed E-state index contributed by atoms with van der Waals surface area (Å²) in [5, 5.41) is 2.91. The highest BCUT2D eigenvalue weighted by Crippen LogP contribution is 2.13. The summed E-state index contributed by atoms with van der Waals surface area (Å²) in [6, 6.07) is 14.7. The maximum absolute atomic E-state index is 12.5. The number of sulfonamides is 1. The zero-order valence-corrected chi connectivity index (χ0v) is 17.7. The fraction of sp³-hybridized carbons (Fsp3) is 0.381. The number of likely N-dealkylation sites (N-methyl/N-ethyl adjacent to an activating group) is 1. The van der Waals surface area contributed by atoms with Crippen LogP contribution in [0.15, 0.2) is 48.5 Å². The van der Waals surface area contributed by atoms with Gasteiger partial charge in [0.1, 0.15) is 0 Å². The quantitative estimate of drug-likeness (QED) is 0.719. The molecule has 0 atom stereocenters. The molecule has 0 bridgehead atoms. The normalized spacial score (nSPS) is 15.8. The molecule has 29 heavy (non-hydrogen) atoms. The number of hydrogen-bond donors (Lipinski definition) is 2. The van der Waals surface area contributed by atoms with E-state index in [1.165, 1.54) is 11.6 Å². The number of amides is 1. The lowest BCUT2D eigenvalue weighted by Gasteiger charge is -2.32. The molecule has 2 aromatic carbocycles. The summed E-state index contributed by atoms with van der Waals surface area (Å²) in [6.45, 7) is 5.63. The van der Waals surface area contributed by atoms with Crippen LogP contribution in [0, 0.1) is 0 Å². The molecular weight excluding hydrogens is 388 g/mol. The first kappa shape index (κ1) is 21.3. The van der Waals surface area contributed by atoms with Crippen molar-refractivity contribution < 1.29 is 13.2 Å². The number of hydrogen-bond acceptors (Lipinski definition) is 5. The summed E-state index contributed by atoms with van der Waals surface area (Å²) in [5.74, 6) is -0.244. The Hall–Kier alpha value is -2.42. The van der Waals surface area contributed by atoms with Crippen molar-refractivity contribution in [3.8, 4) is 0 Å². The number of carbonyl (C=O) groups excluding carboxylic acids is 1. The van der Waals surface area contributed by atoms with E-state index < -0.39 is 10.0 Å². The number of benzene rings is 2. The lowest BCUT2D eigenvalue weighted by Crippen LogP contribution is -2.43. The average molecular weight is 417 g/mol. The average Bonchev–Trinajstić information content (AvgIpc) is 2.67. The number of nitrogens with one attached hydrogen (secondary N) is 2. The smallest absolute Gasteiger partial charge is 0.251 e. The van der Waals surface area contributed by atoms with E-state index in [1.807, 2.05) is 12.1 Å². The van der Waals surface area contributed by atoms with Gasteiger partial charge >= 0.3 is 0 Å². The van der Waals surface area contributed by atoms with Crippen molar-refractivity contribution in [3.63, 3.8) is 0 Å². The van der Waals surface area contributed by atoms with Gasteiger partial charge in [0, 0.05) is 50.5 Å². The first-order valence-electron chi connectivity index (χ1n) is 9.63. The molecule has 0 radical (unpaired) electrons. The van der Waals surface area contributed by atoms with Crippen LogP contribution in [0.5, 0.6) is 0 Å². The maximum Gasteiger partial charge on any atom is 0.251 e. The van der Waals surface area contributed by atoms with Gasteiger partial charge in [0.2, 0.25) is 10.0 Å². The predicted molar refractivity (Wildman–Crippen MR) is 115 cm³/mol. The van der Waals surface area contributed by atoms with Crippen LogP contribution in [0.2, 0.25) is 0 Å². The maximum atomic E-state index is 12.5. The van der Waals surface area contributed by atoms with E-state index in [0.717, 1.165) is 44.5 Å². The third kappa shape index (κ3) is 6.85. The number of rotatable bonds is 7. The minimum absolute atomic E-state index is 0.244. The zero-order valence-electron chi connectivity index (χ0n) is 16.9. The molecule has 7 nitrogen and oxygen atoms in total. The first-order valence-corrected chi connectivity index (χ1v) is 11.5. The topological polar surface area (TPSA) is 81.8 Å². The Morgan fingerprint density at radius 1 is 1.00 bits per heavy atom. The monoisotopic (exact) mass is 416 g/mol. The molecule has 0 aromatic heterocycles. The molecule has 1 fully saturated rings. The van der Waals surface area contributed by atoms with Crippen molar-refractivity contribution in [2.45, 2.75) is 13.1 Å². The van der Waals surface area contributed by atoms with Crippen molar-refractivity contribution >= 4 is 21.6 Å². The number of anilines is 1. The van der Waals surface area contributed by atoms with Crippen LogP contribution in [-0.2, 0) is 23.1 Å². The van der Waals surface area contributed by atoms with E-state index in [1.54, 1.807) is 18.2 Å². The number of piperazine rings is 1. The van der Waals surface area contributed by atoms with E-state index in [0.29, 0.717) is 17.8 Å². The number of carbonyl (C=O) groups is 1. The summed E-state index contributed by atoms with van der Waals surface area (Å²) in [6.07, 6.45) is 1.08. The fourth-order valence-electron chi connectivity index (χ4n) is 3.32. The molecule has 1 saturated heterocycles. The van der Waals surface area contributed by atoms with Gasteiger partial charge in [-0.25, -0.2) is 8.42 Å². The second-order valence-electron chi connectivity index (χ2n) is 7.54. The molecule has 1 heterocycles. The van der Waals surface area contributed by atoms with Crippen LogP contribution in [0.25, 0.3) is 0 Å². The highest BCUT2D eigenvalue weighted by Gasteiger charge is 2.14. The van der Waals surface area contributed by atoms with Crippen LogP contribution < -0.4 is 10.0 Å².